The maximum atomic E-state index is 10.3. The van der Waals surface area contributed by atoms with Gasteiger partial charge in [-0.05, 0) is 18.3 Å². The molecule has 0 aliphatic heterocycles. The Balaban J connectivity index is 3.36. The van der Waals surface area contributed by atoms with Crippen molar-refractivity contribution in [2.45, 2.75) is 39.5 Å². The van der Waals surface area contributed by atoms with Crippen LogP contribution < -0.4 is 0 Å². The molecule has 3 heteroatoms. The summed E-state index contributed by atoms with van der Waals surface area (Å²) in [5.41, 5.74) is 0. The molecule has 0 saturated heterocycles. The number of carboxylic acids is 1. The average molecular weight is 188 g/mol. The van der Waals surface area contributed by atoms with E-state index in [9.17, 15) is 4.79 Å². The number of rotatable bonds is 7. The van der Waals surface area contributed by atoms with Gasteiger partial charge in [0, 0.05) is 13.0 Å². The van der Waals surface area contributed by atoms with E-state index in [0.717, 1.165) is 19.3 Å². The third-order valence-corrected chi connectivity index (χ3v) is 2.23. The Morgan fingerprint density at radius 2 is 1.77 bits per heavy atom. The molecule has 0 aliphatic carbocycles. The summed E-state index contributed by atoms with van der Waals surface area (Å²) in [6, 6.07) is 0. The van der Waals surface area contributed by atoms with Gasteiger partial charge in [-0.3, -0.25) is 4.79 Å². The largest absolute Gasteiger partial charge is 0.481 e. The lowest BCUT2D eigenvalue weighted by Crippen LogP contribution is -2.06. The fraction of sp³-hybridized carbons (Fsp3) is 0.900. The monoisotopic (exact) mass is 188 g/mol. The predicted molar refractivity (Wildman–Crippen MR) is 51.5 cm³/mol. The van der Waals surface area contributed by atoms with Gasteiger partial charge < -0.3 is 10.2 Å². The van der Waals surface area contributed by atoms with Crippen molar-refractivity contribution < 1.29 is 15.0 Å². The van der Waals surface area contributed by atoms with E-state index in [0.29, 0.717) is 5.92 Å². The van der Waals surface area contributed by atoms with Gasteiger partial charge in [0.15, 0.2) is 0 Å². The maximum Gasteiger partial charge on any atom is 0.303 e. The lowest BCUT2D eigenvalue weighted by atomic mass is 9.97. The smallest absolute Gasteiger partial charge is 0.303 e. The van der Waals surface area contributed by atoms with Gasteiger partial charge in [-0.2, -0.15) is 0 Å². The van der Waals surface area contributed by atoms with Gasteiger partial charge in [-0.1, -0.05) is 26.7 Å². The summed E-state index contributed by atoms with van der Waals surface area (Å²) in [5.74, 6) is -0.122. The molecule has 3 nitrogen and oxygen atoms in total. The van der Waals surface area contributed by atoms with Crippen LogP contribution in [-0.2, 0) is 4.79 Å². The number of hydrogen-bond donors (Lipinski definition) is 2. The molecule has 0 aromatic rings. The van der Waals surface area contributed by atoms with E-state index in [1.165, 1.54) is 0 Å². The molecule has 0 spiro atoms. The number of carbonyl (C=O) groups is 1. The van der Waals surface area contributed by atoms with Crippen molar-refractivity contribution in [2.75, 3.05) is 6.61 Å². The molecule has 78 valence electrons. The molecule has 2 atom stereocenters. The first-order valence-electron chi connectivity index (χ1n) is 4.89. The van der Waals surface area contributed by atoms with Crippen molar-refractivity contribution in [1.82, 2.24) is 0 Å². The molecule has 0 bridgehead atoms. The minimum Gasteiger partial charge on any atom is -0.481 e. The van der Waals surface area contributed by atoms with E-state index in [2.05, 4.69) is 0 Å². The van der Waals surface area contributed by atoms with Gasteiger partial charge in [0.25, 0.3) is 0 Å². The van der Waals surface area contributed by atoms with Crippen molar-refractivity contribution in [2.24, 2.45) is 11.8 Å². The molecule has 0 aromatic carbocycles. The van der Waals surface area contributed by atoms with Crippen molar-refractivity contribution in [3.8, 4) is 0 Å². The molecule has 0 fully saturated rings. The quantitative estimate of drug-likeness (QED) is 0.641. The molecular weight excluding hydrogens is 168 g/mol. The molecule has 2 unspecified atom stereocenters. The van der Waals surface area contributed by atoms with Crippen LogP contribution in [0.15, 0.2) is 0 Å². The highest BCUT2D eigenvalue weighted by molar-refractivity contribution is 5.66. The Morgan fingerprint density at radius 3 is 2.23 bits per heavy atom. The molecule has 13 heavy (non-hydrogen) atoms. The van der Waals surface area contributed by atoms with Gasteiger partial charge in [-0.25, -0.2) is 0 Å². The topological polar surface area (TPSA) is 57.5 Å². The Morgan fingerprint density at radius 1 is 1.23 bits per heavy atom. The lowest BCUT2D eigenvalue weighted by Gasteiger charge is -2.10. The molecule has 0 aromatic heterocycles. The Hall–Kier alpha value is -0.570. The van der Waals surface area contributed by atoms with E-state index >= 15 is 0 Å². The number of hydrogen-bond acceptors (Lipinski definition) is 2. The molecule has 0 radical (unpaired) electrons. The van der Waals surface area contributed by atoms with Crippen molar-refractivity contribution in [3.63, 3.8) is 0 Å². The summed E-state index contributed by atoms with van der Waals surface area (Å²) in [6.45, 7) is 4.19. The van der Waals surface area contributed by atoms with Gasteiger partial charge in [0.05, 0.1) is 0 Å². The van der Waals surface area contributed by atoms with Crippen molar-refractivity contribution >= 4 is 5.97 Å². The van der Waals surface area contributed by atoms with Gasteiger partial charge in [0.2, 0.25) is 0 Å². The number of aliphatic hydroxyl groups excluding tert-OH is 1. The van der Waals surface area contributed by atoms with E-state index in [-0.39, 0.29) is 18.9 Å². The molecule has 2 N–H and O–H groups in total. The molecule has 0 rings (SSSR count). The average Bonchev–Trinajstić information content (AvgIpc) is 2.02. The second-order valence-electron chi connectivity index (χ2n) is 3.92. The molecule has 0 heterocycles. The van der Waals surface area contributed by atoms with E-state index in [4.69, 9.17) is 10.2 Å². The van der Waals surface area contributed by atoms with Crippen LogP contribution in [0.4, 0.5) is 0 Å². The fourth-order valence-corrected chi connectivity index (χ4v) is 1.31. The van der Waals surface area contributed by atoms with Gasteiger partial charge in [0.1, 0.15) is 0 Å². The Bertz CT molecular complexity index is 145. The first-order chi connectivity index (χ1) is 6.06. The minimum atomic E-state index is -0.720. The third kappa shape index (κ3) is 7.78. The number of carboxylic acid groups (broad SMARTS) is 1. The summed E-state index contributed by atoms with van der Waals surface area (Å²) in [4.78, 5) is 10.3. The third-order valence-electron chi connectivity index (χ3n) is 2.23. The maximum absolute atomic E-state index is 10.3. The zero-order valence-electron chi connectivity index (χ0n) is 8.49. The van der Waals surface area contributed by atoms with E-state index in [1.54, 1.807) is 0 Å². The molecule has 0 amide bonds. The highest BCUT2D eigenvalue weighted by Crippen LogP contribution is 2.14. The molecule has 0 saturated carbocycles. The first-order valence-corrected chi connectivity index (χ1v) is 4.89. The first kappa shape index (κ1) is 12.4. The number of aliphatic hydroxyl groups is 1. The normalized spacial score (nSPS) is 15.3. The standard InChI is InChI=1S/C10H20O3/c1-8(6-10(12)13)4-3-5-9(2)7-11/h8-9,11H,3-7H2,1-2H3,(H,12,13). The molecule has 0 aliphatic rings. The predicted octanol–water partition coefficient (Wildman–Crippen LogP) is 1.90. The van der Waals surface area contributed by atoms with Crippen LogP contribution in [0.25, 0.3) is 0 Å². The summed E-state index contributed by atoms with van der Waals surface area (Å²) < 4.78 is 0. The molecular formula is C10H20O3. The van der Waals surface area contributed by atoms with Crippen LogP contribution >= 0.6 is 0 Å². The van der Waals surface area contributed by atoms with Crippen LogP contribution in [0.2, 0.25) is 0 Å². The van der Waals surface area contributed by atoms with Crippen molar-refractivity contribution in [3.05, 3.63) is 0 Å². The summed E-state index contributed by atoms with van der Waals surface area (Å²) >= 11 is 0. The van der Waals surface area contributed by atoms with Gasteiger partial charge >= 0.3 is 5.97 Å². The zero-order valence-corrected chi connectivity index (χ0v) is 8.49. The van der Waals surface area contributed by atoms with Crippen LogP contribution in [0.3, 0.4) is 0 Å². The summed E-state index contributed by atoms with van der Waals surface area (Å²) in [5, 5.41) is 17.2. The zero-order chi connectivity index (χ0) is 10.3. The summed E-state index contributed by atoms with van der Waals surface area (Å²) in [7, 11) is 0. The Labute approximate surface area is 79.8 Å². The highest BCUT2D eigenvalue weighted by Gasteiger charge is 2.08. The van der Waals surface area contributed by atoms with Crippen molar-refractivity contribution in [1.29, 1.82) is 0 Å². The van der Waals surface area contributed by atoms with E-state index in [1.807, 2.05) is 13.8 Å². The van der Waals surface area contributed by atoms with Gasteiger partial charge in [-0.15, -0.1) is 0 Å². The van der Waals surface area contributed by atoms with Crippen LogP contribution in [0, 0.1) is 11.8 Å². The second-order valence-corrected chi connectivity index (χ2v) is 3.92. The van der Waals surface area contributed by atoms with E-state index < -0.39 is 5.97 Å². The second kappa shape index (κ2) is 6.89. The number of aliphatic carboxylic acids is 1. The van der Waals surface area contributed by atoms with Crippen LogP contribution in [0.1, 0.15) is 39.5 Å². The SMILES string of the molecule is CC(CO)CCCC(C)CC(=O)O. The van der Waals surface area contributed by atoms with Crippen LogP contribution in [-0.4, -0.2) is 22.8 Å². The fourth-order valence-electron chi connectivity index (χ4n) is 1.31. The minimum absolute atomic E-state index is 0.229. The Kier molecular flexibility index (Phi) is 6.59. The highest BCUT2D eigenvalue weighted by atomic mass is 16.4. The lowest BCUT2D eigenvalue weighted by molar-refractivity contribution is -0.138. The van der Waals surface area contributed by atoms with Crippen LogP contribution in [0.5, 0.6) is 0 Å². The summed E-state index contributed by atoms with van der Waals surface area (Å²) in [6.07, 6.45) is 3.20.